The van der Waals surface area contributed by atoms with Crippen LogP contribution in [0.15, 0.2) is 60.9 Å². The van der Waals surface area contributed by atoms with Crippen LogP contribution in [0.25, 0.3) is 11.1 Å². The third-order valence-electron chi connectivity index (χ3n) is 5.63. The number of carboxylic acids is 1. The van der Waals surface area contributed by atoms with Gasteiger partial charge in [0, 0.05) is 41.8 Å². The fourth-order valence-corrected chi connectivity index (χ4v) is 3.45. The van der Waals surface area contributed by atoms with Crippen LogP contribution in [0.5, 0.6) is 5.75 Å². The Kier molecular flexibility index (Phi) is 8.21. The lowest BCUT2D eigenvalue weighted by Gasteiger charge is -2.29. The first-order valence-corrected chi connectivity index (χ1v) is 11.6. The fourth-order valence-electron chi connectivity index (χ4n) is 3.45. The standard InChI is InChI=1S/C27H33N3O4/c1-3-20(2)30(27(33)22-14-12-21(13-15-22)24-17-28-29-18-24)19-23-9-6-7-10-25(23)34-16-8-4-5-11-26(31)32/h6-7,9-10,12-15,17-18,20H,3-5,8,11,16,19H2,1-2H3,(H,28,29)(H,31,32)/i19D2. The molecule has 1 unspecified atom stereocenters. The average Bonchev–Trinajstić information content (AvgIpc) is 3.41. The van der Waals surface area contributed by atoms with Gasteiger partial charge in [0.2, 0.25) is 0 Å². The summed E-state index contributed by atoms with van der Waals surface area (Å²) in [6.07, 6.45) is 6.08. The van der Waals surface area contributed by atoms with Gasteiger partial charge in [0.05, 0.1) is 15.5 Å². The van der Waals surface area contributed by atoms with E-state index in [2.05, 4.69) is 10.2 Å². The van der Waals surface area contributed by atoms with Crippen molar-refractivity contribution < 1.29 is 22.2 Å². The molecule has 7 heteroatoms. The Hall–Kier alpha value is -3.61. The van der Waals surface area contributed by atoms with E-state index in [-0.39, 0.29) is 18.0 Å². The Morgan fingerprint density at radius 1 is 1.12 bits per heavy atom. The first-order chi connectivity index (χ1) is 17.3. The molecule has 7 nitrogen and oxygen atoms in total. The maximum atomic E-state index is 13.6. The highest BCUT2D eigenvalue weighted by molar-refractivity contribution is 5.95. The van der Waals surface area contributed by atoms with Crippen molar-refractivity contribution in [1.29, 1.82) is 0 Å². The zero-order chi connectivity index (χ0) is 26.1. The number of nitrogens with one attached hydrogen (secondary N) is 1. The minimum atomic E-state index is -2.13. The molecule has 2 N–H and O–H groups in total. The van der Waals surface area contributed by atoms with Crippen molar-refractivity contribution in [3.8, 4) is 16.9 Å². The number of carbonyl (C=O) groups excluding carboxylic acids is 1. The van der Waals surface area contributed by atoms with E-state index in [0.717, 1.165) is 11.1 Å². The van der Waals surface area contributed by atoms with E-state index >= 15 is 0 Å². The number of para-hydroxylation sites is 1. The van der Waals surface area contributed by atoms with Gasteiger partial charge in [-0.1, -0.05) is 37.3 Å². The predicted octanol–water partition coefficient (Wildman–Crippen LogP) is 5.54. The molecule has 0 fully saturated rings. The molecule has 1 amide bonds. The SMILES string of the molecule is [2H]C([2H])(c1ccccc1OCCCCCC(=O)O)N(C(=O)c1ccc(-c2cn[nH]c2)cc1)C(C)CC. The molecule has 34 heavy (non-hydrogen) atoms. The summed E-state index contributed by atoms with van der Waals surface area (Å²) < 4.78 is 24.0. The summed E-state index contributed by atoms with van der Waals surface area (Å²) in [4.78, 5) is 25.6. The van der Waals surface area contributed by atoms with Crippen LogP contribution in [0, 0.1) is 0 Å². The number of unbranched alkanes of at least 4 members (excludes halogenated alkanes) is 2. The molecule has 0 aliphatic heterocycles. The van der Waals surface area contributed by atoms with Gasteiger partial charge in [0.15, 0.2) is 0 Å². The van der Waals surface area contributed by atoms with E-state index in [4.69, 9.17) is 12.6 Å². The van der Waals surface area contributed by atoms with E-state index in [0.29, 0.717) is 43.6 Å². The topological polar surface area (TPSA) is 95.5 Å². The zero-order valence-corrected chi connectivity index (χ0v) is 19.7. The molecule has 0 saturated carbocycles. The Balaban J connectivity index is 1.81. The van der Waals surface area contributed by atoms with Gasteiger partial charge < -0.3 is 14.7 Å². The van der Waals surface area contributed by atoms with Crippen molar-refractivity contribution in [3.63, 3.8) is 0 Å². The molecule has 0 bridgehead atoms. The molecule has 180 valence electrons. The number of hydrogen-bond acceptors (Lipinski definition) is 4. The van der Waals surface area contributed by atoms with Crippen LogP contribution < -0.4 is 4.74 Å². The lowest BCUT2D eigenvalue weighted by Crippen LogP contribution is -2.37. The molecule has 0 saturated heterocycles. The molecule has 1 atom stereocenters. The molecule has 3 rings (SSSR count). The fraction of sp³-hybridized carbons (Fsp3) is 0.370. The summed E-state index contributed by atoms with van der Waals surface area (Å²) in [6.45, 7) is 1.96. The van der Waals surface area contributed by atoms with Crippen molar-refractivity contribution in [3.05, 3.63) is 72.1 Å². The minimum absolute atomic E-state index is 0.119. The molecule has 0 spiro atoms. The third kappa shape index (κ3) is 6.94. The Morgan fingerprint density at radius 2 is 1.88 bits per heavy atom. The first-order valence-electron chi connectivity index (χ1n) is 12.6. The van der Waals surface area contributed by atoms with Crippen molar-refractivity contribution >= 4 is 11.9 Å². The Morgan fingerprint density at radius 3 is 2.56 bits per heavy atom. The van der Waals surface area contributed by atoms with Gasteiger partial charge in [0.1, 0.15) is 5.75 Å². The van der Waals surface area contributed by atoms with Crippen molar-refractivity contribution in [2.45, 2.75) is 58.5 Å². The van der Waals surface area contributed by atoms with E-state index < -0.39 is 18.4 Å². The second-order valence-electron chi connectivity index (χ2n) is 8.16. The predicted molar refractivity (Wildman–Crippen MR) is 132 cm³/mol. The van der Waals surface area contributed by atoms with Crippen molar-refractivity contribution in [2.75, 3.05) is 6.61 Å². The van der Waals surface area contributed by atoms with Crippen LogP contribution in [-0.2, 0) is 11.3 Å². The summed E-state index contributed by atoms with van der Waals surface area (Å²) in [7, 11) is 0. The number of carboxylic acid groups (broad SMARTS) is 1. The highest BCUT2D eigenvalue weighted by Gasteiger charge is 2.22. The molecule has 0 radical (unpaired) electrons. The summed E-state index contributed by atoms with van der Waals surface area (Å²) in [5.74, 6) is -0.853. The van der Waals surface area contributed by atoms with Gasteiger partial charge in [0.25, 0.3) is 5.91 Å². The van der Waals surface area contributed by atoms with Gasteiger partial charge in [-0.05, 0) is 56.4 Å². The zero-order valence-electron chi connectivity index (χ0n) is 21.7. The van der Waals surface area contributed by atoms with E-state index in [1.807, 2.05) is 26.0 Å². The Labute approximate surface area is 203 Å². The normalized spacial score (nSPS) is 13.0. The maximum Gasteiger partial charge on any atom is 0.303 e. The van der Waals surface area contributed by atoms with Gasteiger partial charge in [-0.15, -0.1) is 0 Å². The number of aromatic nitrogens is 2. The highest BCUT2D eigenvalue weighted by atomic mass is 16.5. The number of benzene rings is 2. The third-order valence-corrected chi connectivity index (χ3v) is 5.63. The van der Waals surface area contributed by atoms with Gasteiger partial charge in [-0.25, -0.2) is 0 Å². The van der Waals surface area contributed by atoms with Crippen molar-refractivity contribution in [1.82, 2.24) is 15.1 Å². The van der Waals surface area contributed by atoms with Crippen LogP contribution in [-0.4, -0.2) is 44.7 Å². The second kappa shape index (κ2) is 12.6. The van der Waals surface area contributed by atoms with Crippen LogP contribution in [0.2, 0.25) is 0 Å². The lowest BCUT2D eigenvalue weighted by atomic mass is 10.0. The number of rotatable bonds is 13. The molecule has 3 aromatic rings. The number of aromatic amines is 1. The number of amides is 1. The number of hydrogen-bond donors (Lipinski definition) is 2. The number of H-pyrrole nitrogens is 1. The van der Waals surface area contributed by atoms with Gasteiger partial charge in [-0.3, -0.25) is 14.7 Å². The molecule has 2 aromatic carbocycles. The largest absolute Gasteiger partial charge is 0.493 e. The minimum Gasteiger partial charge on any atom is -0.493 e. The monoisotopic (exact) mass is 465 g/mol. The number of aliphatic carboxylic acids is 1. The summed E-state index contributed by atoms with van der Waals surface area (Å²) in [5.41, 5.74) is 2.47. The van der Waals surface area contributed by atoms with Crippen molar-refractivity contribution in [2.24, 2.45) is 0 Å². The van der Waals surface area contributed by atoms with E-state index in [9.17, 15) is 9.59 Å². The summed E-state index contributed by atoms with van der Waals surface area (Å²) >= 11 is 0. The molecular weight excluding hydrogens is 430 g/mol. The smallest absolute Gasteiger partial charge is 0.303 e. The van der Waals surface area contributed by atoms with Crippen LogP contribution in [0.4, 0.5) is 0 Å². The molecular formula is C27H33N3O4. The van der Waals surface area contributed by atoms with Crippen LogP contribution >= 0.6 is 0 Å². The Bertz CT molecular complexity index is 1130. The molecule has 1 aromatic heterocycles. The quantitative estimate of drug-likeness (QED) is 0.323. The summed E-state index contributed by atoms with van der Waals surface area (Å²) in [6, 6.07) is 13.5. The van der Waals surface area contributed by atoms with Crippen LogP contribution in [0.1, 0.15) is 64.6 Å². The van der Waals surface area contributed by atoms with Gasteiger partial charge in [-0.2, -0.15) is 5.10 Å². The van der Waals surface area contributed by atoms with E-state index in [1.165, 1.54) is 4.90 Å². The number of nitrogens with zero attached hydrogens (tertiary/aromatic N) is 2. The number of carbonyl (C=O) groups is 2. The second-order valence-corrected chi connectivity index (χ2v) is 8.16. The van der Waals surface area contributed by atoms with Gasteiger partial charge >= 0.3 is 5.97 Å². The highest BCUT2D eigenvalue weighted by Crippen LogP contribution is 2.24. The lowest BCUT2D eigenvalue weighted by molar-refractivity contribution is -0.137. The molecule has 0 aliphatic carbocycles. The average molecular weight is 466 g/mol. The van der Waals surface area contributed by atoms with Crippen LogP contribution in [0.3, 0.4) is 0 Å². The maximum absolute atomic E-state index is 13.6. The number of ether oxygens (including phenoxy) is 1. The molecule has 1 heterocycles. The molecule has 0 aliphatic rings. The first kappa shape index (κ1) is 22.2. The van der Waals surface area contributed by atoms with E-state index in [1.54, 1.807) is 48.8 Å². The summed E-state index contributed by atoms with van der Waals surface area (Å²) in [5, 5.41) is 15.5.